The molecule has 1 unspecified atom stereocenters. The fraction of sp³-hybridized carbons (Fsp3) is 0.448. The van der Waals surface area contributed by atoms with E-state index in [4.69, 9.17) is 0 Å². The van der Waals surface area contributed by atoms with Crippen LogP contribution in [0.2, 0.25) is 0 Å². The van der Waals surface area contributed by atoms with E-state index in [1.165, 1.54) is 24.0 Å². The third-order valence-corrected chi connectivity index (χ3v) is 7.47. The standard InChI is InChI=1S/C29H36N6O/c1-4-21-14-15-26-23(16-21)17-24(29(36)30-26)19-34(18-22-10-6-5-7-11-22)27(20(2)3)28-31-32-33-35(28)25-12-8-9-13-25/h5-7,10-11,14-17,20,25,27H,4,8-9,12-13,18-19H2,1-3H3,(H,30,36). The topological polar surface area (TPSA) is 79.7 Å². The number of H-pyrrole nitrogens is 1. The second-order valence-electron chi connectivity index (χ2n) is 10.4. The lowest BCUT2D eigenvalue weighted by Gasteiger charge is -2.34. The molecule has 0 radical (unpaired) electrons. The minimum Gasteiger partial charge on any atom is -0.322 e. The Hall–Kier alpha value is -3.32. The summed E-state index contributed by atoms with van der Waals surface area (Å²) in [5, 5.41) is 14.2. The van der Waals surface area contributed by atoms with Crippen molar-refractivity contribution in [2.24, 2.45) is 5.92 Å². The highest BCUT2D eigenvalue weighted by molar-refractivity contribution is 5.79. The molecule has 1 atom stereocenters. The van der Waals surface area contributed by atoms with Gasteiger partial charge in [0.05, 0.1) is 12.1 Å². The molecule has 0 bridgehead atoms. The minimum absolute atomic E-state index is 0.0297. The average Bonchev–Trinajstić information content (AvgIpc) is 3.57. The highest BCUT2D eigenvalue weighted by Crippen LogP contribution is 2.35. The van der Waals surface area contributed by atoms with Crippen LogP contribution in [-0.2, 0) is 19.5 Å². The number of nitrogens with one attached hydrogen (secondary N) is 1. The molecule has 7 nitrogen and oxygen atoms in total. The van der Waals surface area contributed by atoms with Crippen LogP contribution in [0.5, 0.6) is 0 Å². The predicted molar refractivity (Wildman–Crippen MR) is 143 cm³/mol. The van der Waals surface area contributed by atoms with Gasteiger partial charge in [-0.1, -0.05) is 70.0 Å². The maximum Gasteiger partial charge on any atom is 0.252 e. The molecule has 0 spiro atoms. The normalized spacial score (nSPS) is 15.4. The minimum atomic E-state index is -0.0392. The van der Waals surface area contributed by atoms with E-state index in [-0.39, 0.29) is 17.5 Å². The van der Waals surface area contributed by atoms with Crippen LogP contribution in [0.15, 0.2) is 59.4 Å². The quantitative estimate of drug-likeness (QED) is 0.335. The van der Waals surface area contributed by atoms with Gasteiger partial charge in [-0.05, 0) is 70.3 Å². The average molecular weight is 485 g/mol. The van der Waals surface area contributed by atoms with E-state index in [9.17, 15) is 4.79 Å². The van der Waals surface area contributed by atoms with Gasteiger partial charge in [-0.2, -0.15) is 0 Å². The maximum atomic E-state index is 13.2. The van der Waals surface area contributed by atoms with Gasteiger partial charge in [-0.3, -0.25) is 9.69 Å². The van der Waals surface area contributed by atoms with Gasteiger partial charge in [0.1, 0.15) is 0 Å². The summed E-state index contributed by atoms with van der Waals surface area (Å²) in [6.45, 7) is 7.80. The molecule has 36 heavy (non-hydrogen) atoms. The summed E-state index contributed by atoms with van der Waals surface area (Å²) in [4.78, 5) is 18.7. The summed E-state index contributed by atoms with van der Waals surface area (Å²) in [6, 6.07) is 19.1. The van der Waals surface area contributed by atoms with Crippen LogP contribution >= 0.6 is 0 Å². The largest absolute Gasteiger partial charge is 0.322 e. The number of nitrogens with zero attached hydrogens (tertiary/aromatic N) is 5. The highest BCUT2D eigenvalue weighted by Gasteiger charge is 2.32. The smallest absolute Gasteiger partial charge is 0.252 e. The van der Waals surface area contributed by atoms with Crippen LogP contribution in [0.25, 0.3) is 10.9 Å². The van der Waals surface area contributed by atoms with Crippen LogP contribution in [0, 0.1) is 5.92 Å². The molecule has 0 aliphatic heterocycles. The summed E-state index contributed by atoms with van der Waals surface area (Å²) in [6.07, 6.45) is 5.63. The third-order valence-electron chi connectivity index (χ3n) is 7.47. The number of aromatic amines is 1. The van der Waals surface area contributed by atoms with E-state index in [0.29, 0.717) is 19.1 Å². The van der Waals surface area contributed by atoms with E-state index >= 15 is 0 Å². The number of hydrogen-bond acceptors (Lipinski definition) is 5. The molecule has 1 saturated carbocycles. The third kappa shape index (κ3) is 5.12. The van der Waals surface area contributed by atoms with Crippen LogP contribution in [-0.4, -0.2) is 30.1 Å². The summed E-state index contributed by atoms with van der Waals surface area (Å²) < 4.78 is 2.06. The predicted octanol–water partition coefficient (Wildman–Crippen LogP) is 5.59. The molecular weight excluding hydrogens is 448 g/mol. The number of aryl methyl sites for hydroxylation is 1. The van der Waals surface area contributed by atoms with Crippen LogP contribution in [0.4, 0.5) is 0 Å². The zero-order valence-corrected chi connectivity index (χ0v) is 21.5. The monoisotopic (exact) mass is 484 g/mol. The Morgan fingerprint density at radius 1 is 1.03 bits per heavy atom. The molecule has 2 aromatic carbocycles. The number of pyridine rings is 1. The van der Waals surface area contributed by atoms with E-state index < -0.39 is 0 Å². The summed E-state index contributed by atoms with van der Waals surface area (Å²) in [5.74, 6) is 1.16. The molecule has 2 heterocycles. The Bertz CT molecular complexity index is 1350. The van der Waals surface area contributed by atoms with E-state index in [1.54, 1.807) is 0 Å². The van der Waals surface area contributed by atoms with Gasteiger partial charge in [-0.25, -0.2) is 4.68 Å². The van der Waals surface area contributed by atoms with Gasteiger partial charge < -0.3 is 4.98 Å². The second-order valence-corrected chi connectivity index (χ2v) is 10.4. The second kappa shape index (κ2) is 10.7. The Kier molecular flexibility index (Phi) is 7.28. The molecule has 188 valence electrons. The van der Waals surface area contributed by atoms with Crippen LogP contribution in [0.1, 0.15) is 81.1 Å². The molecule has 7 heteroatoms. The first kappa shape index (κ1) is 24.4. The molecule has 0 saturated heterocycles. The zero-order chi connectivity index (χ0) is 25.1. The van der Waals surface area contributed by atoms with E-state index in [2.05, 4.69) is 93.3 Å². The van der Waals surface area contributed by atoms with Gasteiger partial charge in [0.2, 0.25) is 0 Å². The van der Waals surface area contributed by atoms with Crippen molar-refractivity contribution in [2.75, 3.05) is 0 Å². The van der Waals surface area contributed by atoms with Crippen molar-refractivity contribution >= 4 is 10.9 Å². The molecule has 4 aromatic rings. The van der Waals surface area contributed by atoms with E-state index in [0.717, 1.165) is 41.6 Å². The van der Waals surface area contributed by atoms with Gasteiger partial charge >= 0.3 is 0 Å². The van der Waals surface area contributed by atoms with Crippen LogP contribution < -0.4 is 5.56 Å². The van der Waals surface area contributed by atoms with Gasteiger partial charge in [0, 0.05) is 24.2 Å². The van der Waals surface area contributed by atoms with Crippen molar-refractivity contribution in [3.05, 3.63) is 87.5 Å². The Morgan fingerprint density at radius 3 is 2.53 bits per heavy atom. The maximum absolute atomic E-state index is 13.2. The first-order valence-electron chi connectivity index (χ1n) is 13.2. The molecule has 5 rings (SSSR count). The molecule has 2 aromatic heterocycles. The Balaban J connectivity index is 1.56. The highest BCUT2D eigenvalue weighted by atomic mass is 16.1. The zero-order valence-electron chi connectivity index (χ0n) is 21.5. The number of aromatic nitrogens is 5. The van der Waals surface area contributed by atoms with E-state index in [1.807, 2.05) is 12.1 Å². The van der Waals surface area contributed by atoms with Crippen molar-refractivity contribution in [3.63, 3.8) is 0 Å². The Morgan fingerprint density at radius 2 is 1.81 bits per heavy atom. The lowest BCUT2D eigenvalue weighted by Crippen LogP contribution is -2.35. The first-order valence-corrected chi connectivity index (χ1v) is 13.2. The lowest BCUT2D eigenvalue weighted by atomic mass is 9.99. The Labute approximate surface area is 212 Å². The first-order chi connectivity index (χ1) is 17.5. The lowest BCUT2D eigenvalue weighted by molar-refractivity contribution is 0.123. The number of rotatable bonds is 9. The van der Waals surface area contributed by atoms with Crippen molar-refractivity contribution in [1.82, 2.24) is 30.1 Å². The van der Waals surface area contributed by atoms with Gasteiger partial charge in [0.15, 0.2) is 5.82 Å². The number of tetrazole rings is 1. The molecule has 1 fully saturated rings. The van der Waals surface area contributed by atoms with Crippen LogP contribution in [0.3, 0.4) is 0 Å². The van der Waals surface area contributed by atoms with Crippen molar-refractivity contribution < 1.29 is 0 Å². The fourth-order valence-corrected chi connectivity index (χ4v) is 5.62. The summed E-state index contributed by atoms with van der Waals surface area (Å²) in [5.41, 5.74) is 4.06. The fourth-order valence-electron chi connectivity index (χ4n) is 5.62. The number of hydrogen-bond donors (Lipinski definition) is 1. The molecule has 1 aliphatic rings. The number of fused-ring (bicyclic) bond motifs is 1. The van der Waals surface area contributed by atoms with Gasteiger partial charge in [-0.15, -0.1) is 5.10 Å². The SMILES string of the molecule is CCc1ccc2[nH]c(=O)c(CN(Cc3ccccc3)C(c3nnnn3C3CCCC3)C(C)C)cc2c1. The summed E-state index contributed by atoms with van der Waals surface area (Å²) in [7, 11) is 0. The van der Waals surface area contributed by atoms with Crippen molar-refractivity contribution in [2.45, 2.75) is 78.0 Å². The number of benzene rings is 2. The molecule has 1 N–H and O–H groups in total. The molecule has 1 aliphatic carbocycles. The molecular formula is C29H36N6O. The van der Waals surface area contributed by atoms with Gasteiger partial charge in [0.25, 0.3) is 5.56 Å². The van der Waals surface area contributed by atoms with Crippen molar-refractivity contribution in [3.8, 4) is 0 Å². The molecule has 0 amide bonds. The summed E-state index contributed by atoms with van der Waals surface area (Å²) >= 11 is 0. The van der Waals surface area contributed by atoms with Crippen molar-refractivity contribution in [1.29, 1.82) is 0 Å².